The van der Waals surface area contributed by atoms with Gasteiger partial charge in [-0.25, -0.2) is 8.42 Å². The predicted molar refractivity (Wildman–Crippen MR) is 62.6 cm³/mol. The first-order valence-corrected chi connectivity index (χ1v) is 7.54. The molecule has 1 rings (SSSR count). The summed E-state index contributed by atoms with van der Waals surface area (Å²) in [7, 11) is -2.95. The second kappa shape index (κ2) is 5.82. The summed E-state index contributed by atoms with van der Waals surface area (Å²) in [5.41, 5.74) is 5.65. The molecule has 0 bridgehead atoms. The largest absolute Gasteiger partial charge is 0.327 e. The van der Waals surface area contributed by atoms with Gasteiger partial charge in [0.1, 0.15) is 0 Å². The van der Waals surface area contributed by atoms with Crippen molar-refractivity contribution in [1.29, 1.82) is 0 Å². The molecule has 1 atom stereocenters. The van der Waals surface area contributed by atoms with Gasteiger partial charge in [0.05, 0.1) is 11.5 Å². The lowest BCUT2D eigenvalue weighted by Gasteiger charge is -2.15. The van der Waals surface area contributed by atoms with E-state index < -0.39 is 9.84 Å². The average molecular weight is 234 g/mol. The Balaban J connectivity index is 2.29. The monoisotopic (exact) mass is 234 g/mol. The SMILES string of the molecule is CCC(N)CS(=O)(=O)CCN1CCCC1. The highest BCUT2D eigenvalue weighted by atomic mass is 32.2. The zero-order valence-electron chi connectivity index (χ0n) is 9.48. The summed E-state index contributed by atoms with van der Waals surface area (Å²) >= 11 is 0. The van der Waals surface area contributed by atoms with Crippen LogP contribution in [-0.2, 0) is 9.84 Å². The Morgan fingerprint density at radius 1 is 1.33 bits per heavy atom. The molecule has 1 saturated heterocycles. The Morgan fingerprint density at radius 3 is 2.47 bits per heavy atom. The molecule has 0 aromatic rings. The molecule has 0 amide bonds. The molecular weight excluding hydrogens is 212 g/mol. The van der Waals surface area contributed by atoms with E-state index in [2.05, 4.69) is 4.90 Å². The van der Waals surface area contributed by atoms with Crippen molar-refractivity contribution in [3.63, 3.8) is 0 Å². The van der Waals surface area contributed by atoms with Crippen molar-refractivity contribution in [2.45, 2.75) is 32.2 Å². The van der Waals surface area contributed by atoms with Gasteiger partial charge in [0, 0.05) is 12.6 Å². The smallest absolute Gasteiger partial charge is 0.153 e. The molecule has 2 N–H and O–H groups in total. The van der Waals surface area contributed by atoms with Crippen LogP contribution in [-0.4, -0.2) is 50.5 Å². The van der Waals surface area contributed by atoms with Crippen LogP contribution in [0, 0.1) is 0 Å². The summed E-state index contributed by atoms with van der Waals surface area (Å²) in [6, 6.07) is -0.200. The van der Waals surface area contributed by atoms with Crippen molar-refractivity contribution in [2.24, 2.45) is 5.73 Å². The Bertz CT molecular complexity index is 271. The van der Waals surface area contributed by atoms with Gasteiger partial charge in [0.15, 0.2) is 9.84 Å². The molecule has 0 aromatic carbocycles. The number of nitrogens with zero attached hydrogens (tertiary/aromatic N) is 1. The number of rotatable bonds is 6. The maximum Gasteiger partial charge on any atom is 0.153 e. The molecule has 1 heterocycles. The quantitative estimate of drug-likeness (QED) is 0.715. The highest BCUT2D eigenvalue weighted by Crippen LogP contribution is 2.07. The topological polar surface area (TPSA) is 63.4 Å². The van der Waals surface area contributed by atoms with E-state index in [0.717, 1.165) is 19.5 Å². The van der Waals surface area contributed by atoms with Crippen molar-refractivity contribution in [2.75, 3.05) is 31.1 Å². The average Bonchev–Trinajstić information content (AvgIpc) is 2.66. The van der Waals surface area contributed by atoms with Gasteiger partial charge in [-0.2, -0.15) is 0 Å². The summed E-state index contributed by atoms with van der Waals surface area (Å²) in [6.45, 7) is 4.70. The number of likely N-dealkylation sites (tertiary alicyclic amines) is 1. The molecule has 1 aliphatic heterocycles. The van der Waals surface area contributed by atoms with Crippen LogP contribution in [0.1, 0.15) is 26.2 Å². The summed E-state index contributed by atoms with van der Waals surface area (Å²) in [4.78, 5) is 2.22. The summed E-state index contributed by atoms with van der Waals surface area (Å²) < 4.78 is 23.3. The van der Waals surface area contributed by atoms with Crippen LogP contribution < -0.4 is 5.73 Å². The maximum absolute atomic E-state index is 11.6. The molecule has 0 aliphatic carbocycles. The summed E-state index contributed by atoms with van der Waals surface area (Å²) in [5, 5.41) is 0. The van der Waals surface area contributed by atoms with Crippen LogP contribution in [0.3, 0.4) is 0 Å². The van der Waals surface area contributed by atoms with E-state index in [1.165, 1.54) is 12.8 Å². The molecule has 0 spiro atoms. The van der Waals surface area contributed by atoms with Crippen molar-refractivity contribution >= 4 is 9.84 Å². The van der Waals surface area contributed by atoms with Crippen LogP contribution in [0.5, 0.6) is 0 Å². The fourth-order valence-corrected chi connectivity index (χ4v) is 3.39. The highest BCUT2D eigenvalue weighted by Gasteiger charge is 2.18. The lowest BCUT2D eigenvalue weighted by atomic mass is 10.3. The molecule has 1 aliphatic rings. The second-order valence-corrected chi connectivity index (χ2v) is 6.56. The number of hydrogen-bond acceptors (Lipinski definition) is 4. The molecule has 0 aromatic heterocycles. The predicted octanol–water partition coefficient (Wildman–Crippen LogP) is 0.234. The van der Waals surface area contributed by atoms with E-state index in [4.69, 9.17) is 5.73 Å². The van der Waals surface area contributed by atoms with E-state index in [9.17, 15) is 8.42 Å². The minimum atomic E-state index is -2.95. The van der Waals surface area contributed by atoms with Crippen LogP contribution in [0.2, 0.25) is 0 Å². The Kier molecular flexibility index (Phi) is 5.02. The van der Waals surface area contributed by atoms with E-state index in [0.29, 0.717) is 6.54 Å². The van der Waals surface area contributed by atoms with Gasteiger partial charge < -0.3 is 10.6 Å². The first-order valence-electron chi connectivity index (χ1n) is 5.72. The first-order chi connectivity index (χ1) is 7.03. The van der Waals surface area contributed by atoms with Gasteiger partial charge in [-0.05, 0) is 32.4 Å². The molecule has 4 nitrogen and oxygen atoms in total. The van der Waals surface area contributed by atoms with Crippen molar-refractivity contribution in [3.05, 3.63) is 0 Å². The van der Waals surface area contributed by atoms with E-state index in [-0.39, 0.29) is 17.5 Å². The van der Waals surface area contributed by atoms with Gasteiger partial charge in [0.2, 0.25) is 0 Å². The first kappa shape index (κ1) is 12.9. The van der Waals surface area contributed by atoms with E-state index >= 15 is 0 Å². The summed E-state index contributed by atoms with van der Waals surface area (Å²) in [6.07, 6.45) is 3.13. The highest BCUT2D eigenvalue weighted by molar-refractivity contribution is 7.91. The zero-order chi connectivity index (χ0) is 11.3. The van der Waals surface area contributed by atoms with Crippen LogP contribution >= 0.6 is 0 Å². The molecular formula is C10H22N2O2S. The number of hydrogen-bond donors (Lipinski definition) is 1. The van der Waals surface area contributed by atoms with Gasteiger partial charge >= 0.3 is 0 Å². The Morgan fingerprint density at radius 2 is 1.93 bits per heavy atom. The minimum absolute atomic E-state index is 0.136. The molecule has 1 unspecified atom stereocenters. The lowest BCUT2D eigenvalue weighted by Crippen LogP contribution is -2.33. The molecule has 5 heteroatoms. The summed E-state index contributed by atoms with van der Waals surface area (Å²) in [5.74, 6) is 0.401. The molecule has 15 heavy (non-hydrogen) atoms. The third kappa shape index (κ3) is 4.95. The van der Waals surface area contributed by atoms with Gasteiger partial charge in [-0.15, -0.1) is 0 Å². The molecule has 1 fully saturated rings. The van der Waals surface area contributed by atoms with Crippen molar-refractivity contribution in [1.82, 2.24) is 4.90 Å². The van der Waals surface area contributed by atoms with Gasteiger partial charge in [-0.1, -0.05) is 6.92 Å². The van der Waals surface area contributed by atoms with E-state index in [1.54, 1.807) is 0 Å². The van der Waals surface area contributed by atoms with Crippen molar-refractivity contribution < 1.29 is 8.42 Å². The molecule has 0 saturated carbocycles. The lowest BCUT2D eigenvalue weighted by molar-refractivity contribution is 0.359. The third-order valence-electron chi connectivity index (χ3n) is 2.91. The van der Waals surface area contributed by atoms with Gasteiger partial charge in [0.25, 0.3) is 0 Å². The van der Waals surface area contributed by atoms with Crippen LogP contribution in [0.25, 0.3) is 0 Å². The fraction of sp³-hybridized carbons (Fsp3) is 1.00. The normalized spacial score (nSPS) is 20.7. The Labute approximate surface area is 92.7 Å². The zero-order valence-corrected chi connectivity index (χ0v) is 10.3. The maximum atomic E-state index is 11.6. The Hall–Kier alpha value is -0.130. The molecule has 90 valence electrons. The van der Waals surface area contributed by atoms with Crippen LogP contribution in [0.4, 0.5) is 0 Å². The fourth-order valence-electron chi connectivity index (χ4n) is 1.80. The standard InChI is InChI=1S/C10H22N2O2S/c1-2-10(11)9-15(13,14)8-7-12-5-3-4-6-12/h10H,2-9,11H2,1H3. The number of sulfone groups is 1. The minimum Gasteiger partial charge on any atom is -0.327 e. The second-order valence-electron chi connectivity index (χ2n) is 4.33. The van der Waals surface area contributed by atoms with Crippen molar-refractivity contribution in [3.8, 4) is 0 Å². The molecule has 0 radical (unpaired) electrons. The number of nitrogens with two attached hydrogens (primary N) is 1. The van der Waals surface area contributed by atoms with Crippen LogP contribution in [0.15, 0.2) is 0 Å². The third-order valence-corrected chi connectivity index (χ3v) is 4.65. The van der Waals surface area contributed by atoms with E-state index in [1.807, 2.05) is 6.92 Å². The van der Waals surface area contributed by atoms with Gasteiger partial charge in [-0.3, -0.25) is 0 Å².